The molecule has 0 amide bonds. The van der Waals surface area contributed by atoms with Crippen LogP contribution in [-0.2, 0) is 4.74 Å². The summed E-state index contributed by atoms with van der Waals surface area (Å²) in [6.45, 7) is 5.47. The topological polar surface area (TPSA) is 59.1 Å². The summed E-state index contributed by atoms with van der Waals surface area (Å²) in [6.07, 6.45) is 0.150. The number of rotatable bonds is 6. The highest BCUT2D eigenvalue weighted by atomic mass is 16.5. The minimum atomic E-state index is 0.150. The second-order valence-corrected chi connectivity index (χ2v) is 4.31. The fourth-order valence-electron chi connectivity index (χ4n) is 1.91. The third-order valence-corrected chi connectivity index (χ3v) is 2.83. The van der Waals surface area contributed by atoms with Gasteiger partial charge in [0.15, 0.2) is 0 Å². The second-order valence-electron chi connectivity index (χ2n) is 4.31. The van der Waals surface area contributed by atoms with Crippen LogP contribution in [0.15, 0.2) is 24.3 Å². The van der Waals surface area contributed by atoms with Crippen molar-refractivity contribution in [3.63, 3.8) is 0 Å². The smallest absolute Gasteiger partial charge is 0.224 e. The molecule has 1 aromatic heterocycles. The predicted octanol–water partition coefficient (Wildman–Crippen LogP) is 2.51. The fraction of sp³-hybridized carbons (Fsp3) is 0.429. The van der Waals surface area contributed by atoms with Crippen LogP contribution in [0, 0.1) is 0 Å². The Labute approximate surface area is 113 Å². The van der Waals surface area contributed by atoms with Crippen molar-refractivity contribution in [2.75, 3.05) is 30.8 Å². The molecule has 5 nitrogen and oxygen atoms in total. The van der Waals surface area contributed by atoms with Crippen molar-refractivity contribution in [3.8, 4) is 0 Å². The molecule has 2 N–H and O–H groups in total. The zero-order valence-electron chi connectivity index (χ0n) is 11.6. The number of benzene rings is 1. The lowest BCUT2D eigenvalue weighted by Crippen LogP contribution is -2.20. The van der Waals surface area contributed by atoms with Crippen LogP contribution in [-0.4, -0.2) is 36.3 Å². The molecule has 1 unspecified atom stereocenters. The SMILES string of the molecule is CCOC(C)CNc1nc(NC)nc2ccccc12. The van der Waals surface area contributed by atoms with Crippen LogP contribution in [0.5, 0.6) is 0 Å². The number of hydrogen-bond acceptors (Lipinski definition) is 5. The average Bonchev–Trinajstić information content (AvgIpc) is 2.44. The van der Waals surface area contributed by atoms with Gasteiger partial charge in [0.25, 0.3) is 0 Å². The van der Waals surface area contributed by atoms with Gasteiger partial charge in [-0.2, -0.15) is 4.98 Å². The molecule has 2 rings (SSSR count). The average molecular weight is 260 g/mol. The van der Waals surface area contributed by atoms with E-state index >= 15 is 0 Å². The van der Waals surface area contributed by atoms with Crippen LogP contribution >= 0.6 is 0 Å². The van der Waals surface area contributed by atoms with E-state index in [1.54, 1.807) is 0 Å². The van der Waals surface area contributed by atoms with Gasteiger partial charge in [0.1, 0.15) is 5.82 Å². The molecule has 102 valence electrons. The normalized spacial score (nSPS) is 12.4. The molecule has 0 bridgehead atoms. The summed E-state index contributed by atoms with van der Waals surface area (Å²) in [4.78, 5) is 8.89. The Kier molecular flexibility index (Phi) is 4.52. The zero-order chi connectivity index (χ0) is 13.7. The monoisotopic (exact) mass is 260 g/mol. The number of aromatic nitrogens is 2. The van der Waals surface area contributed by atoms with Crippen LogP contribution in [0.25, 0.3) is 10.9 Å². The molecular weight excluding hydrogens is 240 g/mol. The highest BCUT2D eigenvalue weighted by Gasteiger charge is 2.08. The van der Waals surface area contributed by atoms with Crippen molar-refractivity contribution in [3.05, 3.63) is 24.3 Å². The molecule has 0 radical (unpaired) electrons. The number of fused-ring (bicyclic) bond motifs is 1. The molecule has 1 heterocycles. The number of anilines is 2. The summed E-state index contributed by atoms with van der Waals surface area (Å²) in [7, 11) is 1.82. The molecule has 0 saturated carbocycles. The van der Waals surface area contributed by atoms with E-state index in [2.05, 4.69) is 20.6 Å². The number of nitrogens with zero attached hydrogens (tertiary/aromatic N) is 2. The lowest BCUT2D eigenvalue weighted by atomic mass is 10.2. The summed E-state index contributed by atoms with van der Waals surface area (Å²) >= 11 is 0. The van der Waals surface area contributed by atoms with Crippen LogP contribution in [0.3, 0.4) is 0 Å². The van der Waals surface area contributed by atoms with Gasteiger partial charge < -0.3 is 15.4 Å². The Morgan fingerprint density at radius 3 is 2.79 bits per heavy atom. The maximum absolute atomic E-state index is 5.51. The third-order valence-electron chi connectivity index (χ3n) is 2.83. The summed E-state index contributed by atoms with van der Waals surface area (Å²) < 4.78 is 5.51. The Bertz CT molecular complexity index is 544. The fourth-order valence-corrected chi connectivity index (χ4v) is 1.91. The maximum atomic E-state index is 5.51. The van der Waals surface area contributed by atoms with Gasteiger partial charge in [0.2, 0.25) is 5.95 Å². The molecule has 0 fully saturated rings. The van der Waals surface area contributed by atoms with Crippen molar-refractivity contribution in [2.24, 2.45) is 0 Å². The van der Waals surface area contributed by atoms with Crippen LogP contribution in [0.1, 0.15) is 13.8 Å². The Morgan fingerprint density at radius 1 is 1.26 bits per heavy atom. The first-order valence-corrected chi connectivity index (χ1v) is 6.54. The predicted molar refractivity (Wildman–Crippen MR) is 78.7 cm³/mol. The molecule has 5 heteroatoms. The highest BCUT2D eigenvalue weighted by molar-refractivity contribution is 5.89. The van der Waals surface area contributed by atoms with Gasteiger partial charge in [-0.3, -0.25) is 0 Å². The van der Waals surface area contributed by atoms with Gasteiger partial charge in [-0.25, -0.2) is 4.98 Å². The van der Waals surface area contributed by atoms with Gasteiger partial charge in [-0.1, -0.05) is 12.1 Å². The number of para-hydroxylation sites is 1. The van der Waals surface area contributed by atoms with Crippen molar-refractivity contribution in [2.45, 2.75) is 20.0 Å². The molecule has 0 aliphatic carbocycles. The molecule has 2 aromatic rings. The maximum Gasteiger partial charge on any atom is 0.224 e. The van der Waals surface area contributed by atoms with E-state index in [4.69, 9.17) is 4.74 Å². The molecule has 0 aliphatic rings. The molecule has 0 saturated heterocycles. The van der Waals surface area contributed by atoms with Gasteiger partial charge >= 0.3 is 0 Å². The van der Waals surface area contributed by atoms with E-state index in [-0.39, 0.29) is 6.10 Å². The number of ether oxygens (including phenoxy) is 1. The number of nitrogens with one attached hydrogen (secondary N) is 2. The van der Waals surface area contributed by atoms with Gasteiger partial charge in [-0.15, -0.1) is 0 Å². The first kappa shape index (κ1) is 13.5. The Morgan fingerprint density at radius 2 is 2.05 bits per heavy atom. The second kappa shape index (κ2) is 6.33. The Hall–Kier alpha value is -1.88. The van der Waals surface area contributed by atoms with Crippen LogP contribution in [0.4, 0.5) is 11.8 Å². The molecular formula is C14H20N4O. The summed E-state index contributed by atoms with van der Waals surface area (Å²) in [5.74, 6) is 1.45. The van der Waals surface area contributed by atoms with Gasteiger partial charge in [0.05, 0.1) is 11.6 Å². The van der Waals surface area contributed by atoms with Crippen molar-refractivity contribution in [1.29, 1.82) is 0 Å². The molecule has 19 heavy (non-hydrogen) atoms. The lowest BCUT2D eigenvalue weighted by molar-refractivity contribution is 0.0855. The van der Waals surface area contributed by atoms with E-state index in [9.17, 15) is 0 Å². The van der Waals surface area contributed by atoms with E-state index in [0.29, 0.717) is 5.95 Å². The summed E-state index contributed by atoms with van der Waals surface area (Å²) in [5.41, 5.74) is 0.924. The molecule has 1 aromatic carbocycles. The standard InChI is InChI=1S/C14H20N4O/c1-4-19-10(2)9-16-13-11-7-5-6-8-12(11)17-14(15-3)18-13/h5-8,10H,4,9H2,1-3H3,(H2,15,16,17,18). The summed E-state index contributed by atoms with van der Waals surface area (Å²) in [5, 5.41) is 7.33. The molecule has 0 aliphatic heterocycles. The minimum absolute atomic E-state index is 0.150. The largest absolute Gasteiger partial charge is 0.377 e. The van der Waals surface area contributed by atoms with Crippen LogP contribution < -0.4 is 10.6 Å². The zero-order valence-corrected chi connectivity index (χ0v) is 11.6. The van der Waals surface area contributed by atoms with Crippen molar-refractivity contribution < 1.29 is 4.74 Å². The van der Waals surface area contributed by atoms with E-state index in [1.807, 2.05) is 45.2 Å². The van der Waals surface area contributed by atoms with E-state index in [1.165, 1.54) is 0 Å². The summed E-state index contributed by atoms with van der Waals surface area (Å²) in [6, 6.07) is 7.96. The van der Waals surface area contributed by atoms with Crippen molar-refractivity contribution in [1.82, 2.24) is 9.97 Å². The van der Waals surface area contributed by atoms with E-state index < -0.39 is 0 Å². The first-order chi connectivity index (χ1) is 9.24. The van der Waals surface area contributed by atoms with E-state index in [0.717, 1.165) is 29.9 Å². The number of hydrogen-bond donors (Lipinski definition) is 2. The first-order valence-electron chi connectivity index (χ1n) is 6.54. The minimum Gasteiger partial charge on any atom is -0.377 e. The van der Waals surface area contributed by atoms with Crippen molar-refractivity contribution >= 4 is 22.7 Å². The van der Waals surface area contributed by atoms with Crippen LogP contribution in [0.2, 0.25) is 0 Å². The van der Waals surface area contributed by atoms with Gasteiger partial charge in [0, 0.05) is 25.6 Å². The Balaban J connectivity index is 2.25. The molecule has 0 spiro atoms. The molecule has 1 atom stereocenters. The van der Waals surface area contributed by atoms with Gasteiger partial charge in [-0.05, 0) is 26.0 Å². The lowest BCUT2D eigenvalue weighted by Gasteiger charge is -2.14. The highest BCUT2D eigenvalue weighted by Crippen LogP contribution is 2.21. The quantitative estimate of drug-likeness (QED) is 0.835. The third kappa shape index (κ3) is 3.32.